The summed E-state index contributed by atoms with van der Waals surface area (Å²) in [6.45, 7) is 1.51. The molecular weight excluding hydrogens is 190 g/mol. The maximum atomic E-state index is 11.5. The van der Waals surface area contributed by atoms with E-state index in [0.29, 0.717) is 18.9 Å². The fourth-order valence-electron chi connectivity index (χ4n) is 1.75. The lowest BCUT2D eigenvalue weighted by Gasteiger charge is -2.23. The molecule has 1 atom stereocenters. The van der Waals surface area contributed by atoms with Gasteiger partial charge in [-0.1, -0.05) is 0 Å². The number of hydrogen-bond acceptors (Lipinski definition) is 2. The first kappa shape index (κ1) is 10.8. The van der Waals surface area contributed by atoms with Gasteiger partial charge in [0.25, 0.3) is 0 Å². The second-order valence-corrected chi connectivity index (χ2v) is 3.66. The van der Waals surface area contributed by atoms with Gasteiger partial charge in [0.15, 0.2) is 0 Å². The lowest BCUT2D eigenvalue weighted by Crippen LogP contribution is -2.38. The summed E-state index contributed by atoms with van der Waals surface area (Å²) in [7, 11) is 1.67. The lowest BCUT2D eigenvalue weighted by atomic mass is 10.2. The molecule has 76 valence electrons. The Balaban J connectivity index is 2.42. The van der Waals surface area contributed by atoms with Crippen molar-refractivity contribution in [3.63, 3.8) is 0 Å². The summed E-state index contributed by atoms with van der Waals surface area (Å²) < 4.78 is 5.06. The van der Waals surface area contributed by atoms with Gasteiger partial charge in [-0.3, -0.25) is 4.79 Å². The van der Waals surface area contributed by atoms with Gasteiger partial charge in [-0.15, -0.1) is 11.6 Å². The highest BCUT2D eigenvalue weighted by Gasteiger charge is 2.27. The van der Waals surface area contributed by atoms with E-state index < -0.39 is 0 Å². The Morgan fingerprint density at radius 1 is 1.69 bits per heavy atom. The third-order valence-electron chi connectivity index (χ3n) is 2.36. The second-order valence-electron chi connectivity index (χ2n) is 3.28. The van der Waals surface area contributed by atoms with E-state index >= 15 is 0 Å². The quantitative estimate of drug-likeness (QED) is 0.647. The highest BCUT2D eigenvalue weighted by molar-refractivity contribution is 6.18. The molecule has 0 aliphatic carbocycles. The van der Waals surface area contributed by atoms with Gasteiger partial charge in [-0.05, 0) is 12.8 Å². The van der Waals surface area contributed by atoms with Crippen LogP contribution in [0, 0.1) is 0 Å². The van der Waals surface area contributed by atoms with Crippen LogP contribution >= 0.6 is 11.6 Å². The zero-order chi connectivity index (χ0) is 9.68. The molecule has 0 saturated carbocycles. The molecule has 0 aromatic rings. The Bertz CT molecular complexity index is 175. The molecule has 0 aromatic heterocycles. The first-order valence-electron chi connectivity index (χ1n) is 4.64. The van der Waals surface area contributed by atoms with Crippen LogP contribution < -0.4 is 0 Å². The predicted molar refractivity (Wildman–Crippen MR) is 51.9 cm³/mol. The Kier molecular flexibility index (Phi) is 4.53. The number of amides is 1. The number of nitrogens with zero attached hydrogens (tertiary/aromatic N) is 1. The standard InChI is InChI=1S/C9H16ClNO2/c1-13-7-8-3-2-6-11(8)9(12)4-5-10/h8H,2-7H2,1H3/t8-/m0/s1. The Labute approximate surface area is 84.0 Å². The minimum absolute atomic E-state index is 0.162. The maximum absolute atomic E-state index is 11.5. The van der Waals surface area contributed by atoms with Gasteiger partial charge in [0, 0.05) is 26.0 Å². The van der Waals surface area contributed by atoms with Crippen LogP contribution in [0.25, 0.3) is 0 Å². The molecule has 0 N–H and O–H groups in total. The van der Waals surface area contributed by atoms with E-state index in [1.807, 2.05) is 4.90 Å². The molecular formula is C9H16ClNO2. The average Bonchev–Trinajstić information content (AvgIpc) is 2.54. The SMILES string of the molecule is COC[C@@H]1CCCN1C(=O)CCCl. The van der Waals surface area contributed by atoms with Crippen molar-refractivity contribution in [1.29, 1.82) is 0 Å². The van der Waals surface area contributed by atoms with E-state index in [1.54, 1.807) is 7.11 Å². The number of hydrogen-bond donors (Lipinski definition) is 0. The van der Waals surface area contributed by atoms with Crippen molar-refractivity contribution in [2.24, 2.45) is 0 Å². The van der Waals surface area contributed by atoms with Crippen LogP contribution in [0.5, 0.6) is 0 Å². The normalized spacial score (nSPS) is 22.3. The third kappa shape index (κ3) is 2.85. The molecule has 1 aliphatic heterocycles. The first-order valence-corrected chi connectivity index (χ1v) is 5.17. The van der Waals surface area contributed by atoms with Crippen LogP contribution in [-0.4, -0.2) is 43.0 Å². The van der Waals surface area contributed by atoms with Gasteiger partial charge < -0.3 is 9.64 Å². The maximum Gasteiger partial charge on any atom is 0.224 e. The number of ether oxygens (including phenoxy) is 1. The fraction of sp³-hybridized carbons (Fsp3) is 0.889. The molecule has 1 amide bonds. The topological polar surface area (TPSA) is 29.5 Å². The summed E-state index contributed by atoms with van der Waals surface area (Å²) in [6, 6.07) is 0.278. The van der Waals surface area contributed by atoms with E-state index in [1.165, 1.54) is 0 Å². The molecule has 3 nitrogen and oxygen atoms in total. The van der Waals surface area contributed by atoms with Crippen molar-refractivity contribution in [2.75, 3.05) is 26.1 Å². The largest absolute Gasteiger partial charge is 0.383 e. The predicted octanol–water partition coefficient (Wildman–Crippen LogP) is 1.25. The summed E-state index contributed by atoms with van der Waals surface area (Å²) in [6.07, 6.45) is 2.59. The molecule has 1 saturated heterocycles. The number of carbonyl (C=O) groups excluding carboxylic acids is 1. The Morgan fingerprint density at radius 3 is 3.08 bits per heavy atom. The number of rotatable bonds is 4. The van der Waals surface area contributed by atoms with Crippen molar-refractivity contribution < 1.29 is 9.53 Å². The number of halogens is 1. The molecule has 4 heteroatoms. The summed E-state index contributed by atoms with van der Waals surface area (Å²) in [4.78, 5) is 13.4. The smallest absolute Gasteiger partial charge is 0.224 e. The summed E-state index contributed by atoms with van der Waals surface area (Å²) in [5, 5.41) is 0. The van der Waals surface area contributed by atoms with Crippen LogP contribution in [0.3, 0.4) is 0 Å². The van der Waals surface area contributed by atoms with E-state index in [9.17, 15) is 4.79 Å². The zero-order valence-corrected chi connectivity index (χ0v) is 8.72. The first-order chi connectivity index (χ1) is 6.29. The van der Waals surface area contributed by atoms with E-state index in [2.05, 4.69) is 0 Å². The van der Waals surface area contributed by atoms with Crippen LogP contribution in [0.2, 0.25) is 0 Å². The lowest BCUT2D eigenvalue weighted by molar-refractivity contribution is -0.132. The van der Waals surface area contributed by atoms with Crippen molar-refractivity contribution >= 4 is 17.5 Å². The average molecular weight is 206 g/mol. The van der Waals surface area contributed by atoms with Gasteiger partial charge >= 0.3 is 0 Å². The van der Waals surface area contributed by atoms with Crippen molar-refractivity contribution in [3.8, 4) is 0 Å². The van der Waals surface area contributed by atoms with Crippen molar-refractivity contribution in [2.45, 2.75) is 25.3 Å². The van der Waals surface area contributed by atoms with Gasteiger partial charge in [0.2, 0.25) is 5.91 Å². The number of likely N-dealkylation sites (tertiary alicyclic amines) is 1. The summed E-state index contributed by atoms with van der Waals surface area (Å²) in [5.74, 6) is 0.573. The second kappa shape index (κ2) is 5.45. The van der Waals surface area contributed by atoms with Crippen LogP contribution in [-0.2, 0) is 9.53 Å². The molecule has 0 radical (unpaired) electrons. The van der Waals surface area contributed by atoms with Gasteiger partial charge in [0.1, 0.15) is 0 Å². The van der Waals surface area contributed by atoms with E-state index in [-0.39, 0.29) is 11.9 Å². The van der Waals surface area contributed by atoms with Gasteiger partial charge in [-0.25, -0.2) is 0 Å². The van der Waals surface area contributed by atoms with Crippen LogP contribution in [0.15, 0.2) is 0 Å². The Morgan fingerprint density at radius 2 is 2.46 bits per heavy atom. The summed E-state index contributed by atoms with van der Waals surface area (Å²) in [5.41, 5.74) is 0. The van der Waals surface area contributed by atoms with Crippen LogP contribution in [0.4, 0.5) is 0 Å². The van der Waals surface area contributed by atoms with Crippen molar-refractivity contribution in [3.05, 3.63) is 0 Å². The Hall–Kier alpha value is -0.280. The molecule has 0 unspecified atom stereocenters. The highest BCUT2D eigenvalue weighted by atomic mass is 35.5. The van der Waals surface area contributed by atoms with Crippen molar-refractivity contribution in [1.82, 2.24) is 4.90 Å². The number of alkyl halides is 1. The van der Waals surface area contributed by atoms with Gasteiger partial charge in [0.05, 0.1) is 12.6 Å². The zero-order valence-electron chi connectivity index (χ0n) is 7.96. The highest BCUT2D eigenvalue weighted by Crippen LogP contribution is 2.18. The molecule has 0 aromatic carbocycles. The van der Waals surface area contributed by atoms with E-state index in [0.717, 1.165) is 19.4 Å². The van der Waals surface area contributed by atoms with Gasteiger partial charge in [-0.2, -0.15) is 0 Å². The molecule has 1 aliphatic rings. The summed E-state index contributed by atoms with van der Waals surface area (Å²) >= 11 is 5.52. The minimum Gasteiger partial charge on any atom is -0.383 e. The molecule has 0 spiro atoms. The minimum atomic E-state index is 0.162. The molecule has 1 fully saturated rings. The molecule has 13 heavy (non-hydrogen) atoms. The monoisotopic (exact) mass is 205 g/mol. The fourth-order valence-corrected chi connectivity index (χ4v) is 1.92. The molecule has 1 rings (SSSR count). The third-order valence-corrected chi connectivity index (χ3v) is 2.55. The van der Waals surface area contributed by atoms with Crippen LogP contribution in [0.1, 0.15) is 19.3 Å². The molecule has 0 bridgehead atoms. The molecule has 1 heterocycles. The number of methoxy groups -OCH3 is 1. The van der Waals surface area contributed by atoms with E-state index in [4.69, 9.17) is 16.3 Å². The number of carbonyl (C=O) groups is 1.